The van der Waals surface area contributed by atoms with Crippen LogP contribution in [-0.2, 0) is 9.47 Å². The fraction of sp³-hybridized carbons (Fsp3) is 0.533. The number of aryl methyl sites for hydroxylation is 1. The SMILES string of the molecule is Cc1cc(C(=O)O[C@H]2CCOC2)c2cnn(C(C)C)c2n1. The third kappa shape index (κ3) is 2.63. The van der Waals surface area contributed by atoms with Crippen molar-refractivity contribution in [1.82, 2.24) is 14.8 Å². The highest BCUT2D eigenvalue weighted by Crippen LogP contribution is 2.22. The Labute approximate surface area is 123 Å². The highest BCUT2D eigenvalue weighted by Gasteiger charge is 2.23. The molecule has 0 aromatic carbocycles. The number of carbonyl (C=O) groups excluding carboxylic acids is 1. The first-order valence-corrected chi connectivity index (χ1v) is 7.20. The van der Waals surface area contributed by atoms with Crippen LogP contribution in [0.3, 0.4) is 0 Å². The number of aromatic nitrogens is 3. The molecule has 1 fully saturated rings. The number of hydrogen-bond donors (Lipinski definition) is 0. The number of pyridine rings is 1. The van der Waals surface area contributed by atoms with E-state index >= 15 is 0 Å². The predicted molar refractivity (Wildman–Crippen MR) is 77.3 cm³/mol. The summed E-state index contributed by atoms with van der Waals surface area (Å²) in [7, 11) is 0. The quantitative estimate of drug-likeness (QED) is 0.811. The molecule has 0 aliphatic carbocycles. The molecule has 1 aliphatic rings. The zero-order valence-corrected chi connectivity index (χ0v) is 12.5. The average Bonchev–Trinajstić information content (AvgIpc) is 3.06. The molecule has 3 rings (SSSR count). The summed E-state index contributed by atoms with van der Waals surface area (Å²) < 4.78 is 12.6. The molecule has 0 spiro atoms. The Kier molecular flexibility index (Phi) is 3.63. The summed E-state index contributed by atoms with van der Waals surface area (Å²) in [6, 6.07) is 1.94. The summed E-state index contributed by atoms with van der Waals surface area (Å²) >= 11 is 0. The van der Waals surface area contributed by atoms with E-state index in [2.05, 4.69) is 10.1 Å². The van der Waals surface area contributed by atoms with E-state index in [0.29, 0.717) is 18.8 Å². The largest absolute Gasteiger partial charge is 0.456 e. The van der Waals surface area contributed by atoms with Gasteiger partial charge in [0, 0.05) is 18.2 Å². The van der Waals surface area contributed by atoms with E-state index in [1.54, 1.807) is 12.3 Å². The first-order chi connectivity index (χ1) is 10.1. The summed E-state index contributed by atoms with van der Waals surface area (Å²) in [4.78, 5) is 16.9. The van der Waals surface area contributed by atoms with Crippen LogP contribution in [0.4, 0.5) is 0 Å². The Balaban J connectivity index is 1.99. The van der Waals surface area contributed by atoms with E-state index in [-0.39, 0.29) is 18.1 Å². The summed E-state index contributed by atoms with van der Waals surface area (Å²) in [5.41, 5.74) is 2.02. The Morgan fingerprint density at radius 1 is 1.52 bits per heavy atom. The Morgan fingerprint density at radius 3 is 3.00 bits per heavy atom. The average molecular weight is 289 g/mol. The third-order valence-electron chi connectivity index (χ3n) is 3.57. The van der Waals surface area contributed by atoms with E-state index in [1.165, 1.54) is 0 Å². The number of nitrogens with zero attached hydrogens (tertiary/aromatic N) is 3. The van der Waals surface area contributed by atoms with Gasteiger partial charge in [-0.25, -0.2) is 14.5 Å². The van der Waals surface area contributed by atoms with E-state index in [0.717, 1.165) is 23.1 Å². The van der Waals surface area contributed by atoms with Crippen molar-refractivity contribution in [2.24, 2.45) is 0 Å². The summed E-state index contributed by atoms with van der Waals surface area (Å²) in [5, 5.41) is 5.07. The maximum atomic E-state index is 12.4. The number of carbonyl (C=O) groups is 1. The van der Waals surface area contributed by atoms with Crippen LogP contribution < -0.4 is 0 Å². The monoisotopic (exact) mass is 289 g/mol. The molecular formula is C15H19N3O3. The van der Waals surface area contributed by atoms with E-state index < -0.39 is 0 Å². The van der Waals surface area contributed by atoms with Crippen molar-refractivity contribution in [2.75, 3.05) is 13.2 Å². The van der Waals surface area contributed by atoms with Crippen molar-refractivity contribution < 1.29 is 14.3 Å². The second-order valence-electron chi connectivity index (χ2n) is 5.62. The topological polar surface area (TPSA) is 66.2 Å². The van der Waals surface area contributed by atoms with Gasteiger partial charge in [-0.1, -0.05) is 0 Å². The number of rotatable bonds is 3. The maximum Gasteiger partial charge on any atom is 0.339 e. The van der Waals surface area contributed by atoms with Crippen LogP contribution in [0.2, 0.25) is 0 Å². The molecule has 112 valence electrons. The van der Waals surface area contributed by atoms with E-state index in [1.807, 2.05) is 25.5 Å². The standard InChI is InChI=1S/C15H19N3O3/c1-9(2)18-14-13(7-16-18)12(6-10(3)17-14)15(19)21-11-4-5-20-8-11/h6-7,9,11H,4-5,8H2,1-3H3/t11-/m0/s1. The normalized spacial score (nSPS) is 18.6. The fourth-order valence-corrected chi connectivity index (χ4v) is 2.51. The van der Waals surface area contributed by atoms with Gasteiger partial charge in [-0.05, 0) is 26.8 Å². The lowest BCUT2D eigenvalue weighted by atomic mass is 10.1. The fourth-order valence-electron chi connectivity index (χ4n) is 2.51. The van der Waals surface area contributed by atoms with Gasteiger partial charge in [-0.15, -0.1) is 0 Å². The van der Waals surface area contributed by atoms with Crippen molar-refractivity contribution >= 4 is 17.0 Å². The van der Waals surface area contributed by atoms with Gasteiger partial charge in [-0.3, -0.25) is 0 Å². The zero-order valence-electron chi connectivity index (χ0n) is 12.5. The molecule has 0 unspecified atom stereocenters. The van der Waals surface area contributed by atoms with Gasteiger partial charge in [0.2, 0.25) is 0 Å². The molecule has 0 N–H and O–H groups in total. The van der Waals surface area contributed by atoms with Crippen LogP contribution in [0.15, 0.2) is 12.3 Å². The highest BCUT2D eigenvalue weighted by atomic mass is 16.6. The minimum atomic E-state index is -0.329. The van der Waals surface area contributed by atoms with Gasteiger partial charge in [0.05, 0.1) is 30.4 Å². The number of fused-ring (bicyclic) bond motifs is 1. The van der Waals surface area contributed by atoms with E-state index in [4.69, 9.17) is 9.47 Å². The van der Waals surface area contributed by atoms with Crippen molar-refractivity contribution in [2.45, 2.75) is 39.3 Å². The molecule has 6 nitrogen and oxygen atoms in total. The summed E-state index contributed by atoms with van der Waals surface area (Å²) in [5.74, 6) is -0.329. The molecule has 0 bridgehead atoms. The minimum Gasteiger partial charge on any atom is -0.456 e. The van der Waals surface area contributed by atoms with Crippen LogP contribution >= 0.6 is 0 Å². The summed E-state index contributed by atoms with van der Waals surface area (Å²) in [6.07, 6.45) is 2.29. The van der Waals surface area contributed by atoms with Crippen molar-refractivity contribution in [1.29, 1.82) is 0 Å². The van der Waals surface area contributed by atoms with Crippen LogP contribution in [0.25, 0.3) is 11.0 Å². The van der Waals surface area contributed by atoms with Gasteiger partial charge in [0.25, 0.3) is 0 Å². The lowest BCUT2D eigenvalue weighted by Gasteiger charge is -2.12. The lowest BCUT2D eigenvalue weighted by molar-refractivity contribution is 0.0273. The van der Waals surface area contributed by atoms with Crippen LogP contribution in [0, 0.1) is 6.92 Å². The lowest BCUT2D eigenvalue weighted by Crippen LogP contribution is -2.18. The van der Waals surface area contributed by atoms with Crippen molar-refractivity contribution in [3.8, 4) is 0 Å². The molecule has 3 heterocycles. The molecule has 0 amide bonds. The van der Waals surface area contributed by atoms with Gasteiger partial charge >= 0.3 is 5.97 Å². The molecule has 0 radical (unpaired) electrons. The zero-order chi connectivity index (χ0) is 15.0. The first kappa shape index (κ1) is 14.0. The molecule has 2 aromatic heterocycles. The molecule has 21 heavy (non-hydrogen) atoms. The van der Waals surface area contributed by atoms with Crippen LogP contribution in [-0.4, -0.2) is 40.1 Å². The van der Waals surface area contributed by atoms with Crippen LogP contribution in [0.5, 0.6) is 0 Å². The van der Waals surface area contributed by atoms with Crippen molar-refractivity contribution in [3.63, 3.8) is 0 Å². The van der Waals surface area contributed by atoms with Gasteiger partial charge < -0.3 is 9.47 Å². The van der Waals surface area contributed by atoms with E-state index in [9.17, 15) is 4.79 Å². The van der Waals surface area contributed by atoms with Gasteiger partial charge in [-0.2, -0.15) is 5.10 Å². The maximum absolute atomic E-state index is 12.4. The van der Waals surface area contributed by atoms with Crippen LogP contribution in [0.1, 0.15) is 42.4 Å². The molecule has 1 saturated heterocycles. The Morgan fingerprint density at radius 2 is 2.33 bits per heavy atom. The second-order valence-corrected chi connectivity index (χ2v) is 5.62. The Bertz CT molecular complexity index is 672. The molecule has 1 aliphatic heterocycles. The molecular weight excluding hydrogens is 270 g/mol. The minimum absolute atomic E-state index is 0.152. The molecule has 1 atom stereocenters. The summed E-state index contributed by atoms with van der Waals surface area (Å²) in [6.45, 7) is 7.05. The third-order valence-corrected chi connectivity index (χ3v) is 3.57. The number of hydrogen-bond acceptors (Lipinski definition) is 5. The van der Waals surface area contributed by atoms with Gasteiger partial charge in [0.1, 0.15) is 6.10 Å². The highest BCUT2D eigenvalue weighted by molar-refractivity contribution is 6.02. The van der Waals surface area contributed by atoms with Crippen molar-refractivity contribution in [3.05, 3.63) is 23.5 Å². The second kappa shape index (κ2) is 5.44. The molecule has 0 saturated carbocycles. The molecule has 6 heteroatoms. The Hall–Kier alpha value is -1.95. The predicted octanol–water partition coefficient (Wildman–Crippen LogP) is 2.27. The number of ether oxygens (including phenoxy) is 2. The first-order valence-electron chi connectivity index (χ1n) is 7.20. The molecule has 2 aromatic rings. The smallest absolute Gasteiger partial charge is 0.339 e. The van der Waals surface area contributed by atoms with Gasteiger partial charge in [0.15, 0.2) is 5.65 Å². The number of esters is 1.